The first-order valence-corrected chi connectivity index (χ1v) is 8.27. The zero-order chi connectivity index (χ0) is 14.5. The molecule has 0 saturated carbocycles. The summed E-state index contributed by atoms with van der Waals surface area (Å²) in [7, 11) is 0. The molecule has 108 valence electrons. The smallest absolute Gasteiger partial charge is 0.120 e. The zero-order valence-electron chi connectivity index (χ0n) is 11.2. The van der Waals surface area contributed by atoms with Crippen molar-refractivity contribution in [2.75, 3.05) is 6.54 Å². The summed E-state index contributed by atoms with van der Waals surface area (Å²) >= 11 is 4.99. The molecule has 0 radical (unpaired) electrons. The minimum Gasteiger partial charge on any atom is -0.508 e. The predicted molar refractivity (Wildman–Crippen MR) is 86.1 cm³/mol. The third-order valence-electron chi connectivity index (χ3n) is 3.26. The number of phenolic OH excluding ortho intramolecular Hbond substituents is 1. The second-order valence-corrected chi connectivity index (χ2v) is 6.34. The van der Waals surface area contributed by atoms with Crippen molar-refractivity contribution in [1.29, 1.82) is 0 Å². The van der Waals surface area contributed by atoms with E-state index in [1.54, 1.807) is 17.4 Å². The van der Waals surface area contributed by atoms with Gasteiger partial charge in [0.2, 0.25) is 0 Å². The Morgan fingerprint density at radius 3 is 2.80 bits per heavy atom. The van der Waals surface area contributed by atoms with Crippen molar-refractivity contribution in [3.8, 4) is 5.75 Å². The van der Waals surface area contributed by atoms with E-state index >= 15 is 0 Å². The SMILES string of the molecule is CCC(NCC(O)c1ccsc1)c1cc(Br)ccc1O. The highest BCUT2D eigenvalue weighted by Gasteiger charge is 2.16. The number of halogens is 1. The summed E-state index contributed by atoms with van der Waals surface area (Å²) in [5.74, 6) is 0.276. The lowest BCUT2D eigenvalue weighted by Gasteiger charge is -2.20. The quantitative estimate of drug-likeness (QED) is 0.734. The maximum absolute atomic E-state index is 10.1. The van der Waals surface area contributed by atoms with Gasteiger partial charge in [0, 0.05) is 22.6 Å². The molecule has 2 atom stereocenters. The number of thiophene rings is 1. The van der Waals surface area contributed by atoms with Gasteiger partial charge in [0.25, 0.3) is 0 Å². The standard InChI is InChI=1S/C15H18BrNO2S/c1-2-13(12-7-11(16)3-4-14(12)18)17-8-15(19)10-5-6-20-9-10/h3-7,9,13,15,17-19H,2,8H2,1H3. The first-order chi connectivity index (χ1) is 9.61. The zero-order valence-corrected chi connectivity index (χ0v) is 13.6. The number of hydrogen-bond acceptors (Lipinski definition) is 4. The molecule has 0 aliphatic carbocycles. The Morgan fingerprint density at radius 2 is 2.15 bits per heavy atom. The van der Waals surface area contributed by atoms with E-state index in [1.165, 1.54) is 0 Å². The highest BCUT2D eigenvalue weighted by Crippen LogP contribution is 2.29. The van der Waals surface area contributed by atoms with E-state index in [0.717, 1.165) is 22.0 Å². The molecule has 5 heteroatoms. The summed E-state index contributed by atoms with van der Waals surface area (Å²) in [6.07, 6.45) is 0.310. The molecule has 20 heavy (non-hydrogen) atoms. The normalized spacial score (nSPS) is 14.2. The van der Waals surface area contributed by atoms with Crippen LogP contribution in [0.15, 0.2) is 39.5 Å². The third-order valence-corrected chi connectivity index (χ3v) is 4.45. The van der Waals surface area contributed by atoms with E-state index in [1.807, 2.05) is 29.0 Å². The maximum Gasteiger partial charge on any atom is 0.120 e. The molecule has 2 unspecified atom stereocenters. The number of rotatable bonds is 6. The molecule has 0 bridgehead atoms. The van der Waals surface area contributed by atoms with Gasteiger partial charge in [-0.3, -0.25) is 0 Å². The largest absolute Gasteiger partial charge is 0.508 e. The molecule has 2 aromatic rings. The van der Waals surface area contributed by atoms with Gasteiger partial charge in [0.15, 0.2) is 0 Å². The van der Waals surface area contributed by atoms with Crippen LogP contribution in [0.25, 0.3) is 0 Å². The Balaban J connectivity index is 2.04. The Labute approximate surface area is 131 Å². The lowest BCUT2D eigenvalue weighted by atomic mass is 10.0. The Morgan fingerprint density at radius 1 is 1.35 bits per heavy atom. The van der Waals surface area contributed by atoms with Crippen molar-refractivity contribution in [3.05, 3.63) is 50.6 Å². The lowest BCUT2D eigenvalue weighted by molar-refractivity contribution is 0.169. The monoisotopic (exact) mass is 355 g/mol. The Hall–Kier alpha value is -0.880. The van der Waals surface area contributed by atoms with Crippen molar-refractivity contribution in [1.82, 2.24) is 5.32 Å². The number of hydrogen-bond donors (Lipinski definition) is 3. The Bertz CT molecular complexity index is 545. The molecule has 2 rings (SSSR count). The highest BCUT2D eigenvalue weighted by molar-refractivity contribution is 9.10. The molecule has 0 saturated heterocycles. The fourth-order valence-electron chi connectivity index (χ4n) is 2.12. The van der Waals surface area contributed by atoms with Crippen LogP contribution in [0, 0.1) is 0 Å². The van der Waals surface area contributed by atoms with E-state index in [9.17, 15) is 10.2 Å². The van der Waals surface area contributed by atoms with Crippen LogP contribution < -0.4 is 5.32 Å². The van der Waals surface area contributed by atoms with E-state index in [0.29, 0.717) is 6.54 Å². The van der Waals surface area contributed by atoms with Gasteiger partial charge in [-0.25, -0.2) is 0 Å². The number of aromatic hydroxyl groups is 1. The van der Waals surface area contributed by atoms with Crippen LogP contribution in [-0.4, -0.2) is 16.8 Å². The first-order valence-electron chi connectivity index (χ1n) is 6.53. The van der Waals surface area contributed by atoms with Gasteiger partial charge < -0.3 is 15.5 Å². The Kier molecular flexibility index (Phi) is 5.60. The number of phenols is 1. The van der Waals surface area contributed by atoms with E-state index in [4.69, 9.17) is 0 Å². The second-order valence-electron chi connectivity index (χ2n) is 4.64. The molecule has 3 nitrogen and oxygen atoms in total. The molecule has 0 aliphatic heterocycles. The molecule has 0 spiro atoms. The van der Waals surface area contributed by atoms with Gasteiger partial charge in [-0.05, 0) is 47.0 Å². The number of nitrogens with one attached hydrogen (secondary N) is 1. The van der Waals surface area contributed by atoms with Crippen LogP contribution in [0.2, 0.25) is 0 Å². The number of aliphatic hydroxyl groups excluding tert-OH is 1. The highest BCUT2D eigenvalue weighted by atomic mass is 79.9. The average molecular weight is 356 g/mol. The number of benzene rings is 1. The molecule has 0 fully saturated rings. The summed E-state index contributed by atoms with van der Waals surface area (Å²) in [6, 6.07) is 7.34. The first kappa shape index (κ1) is 15.5. The fourth-order valence-corrected chi connectivity index (χ4v) is 3.20. The van der Waals surface area contributed by atoms with Crippen LogP contribution >= 0.6 is 27.3 Å². The average Bonchev–Trinajstić information content (AvgIpc) is 2.97. The second kappa shape index (κ2) is 7.22. The van der Waals surface area contributed by atoms with Gasteiger partial charge in [-0.15, -0.1) is 0 Å². The summed E-state index contributed by atoms with van der Waals surface area (Å²) < 4.78 is 0.934. The molecular weight excluding hydrogens is 338 g/mol. The number of aliphatic hydroxyl groups is 1. The summed E-state index contributed by atoms with van der Waals surface area (Å²) in [4.78, 5) is 0. The van der Waals surface area contributed by atoms with Gasteiger partial charge in [-0.1, -0.05) is 22.9 Å². The minimum absolute atomic E-state index is 0.0146. The van der Waals surface area contributed by atoms with Crippen molar-refractivity contribution in [2.45, 2.75) is 25.5 Å². The summed E-state index contributed by atoms with van der Waals surface area (Å²) in [5, 5.41) is 27.3. The van der Waals surface area contributed by atoms with Gasteiger partial charge in [0.1, 0.15) is 5.75 Å². The molecule has 3 N–H and O–H groups in total. The topological polar surface area (TPSA) is 52.5 Å². The minimum atomic E-state index is -0.524. The van der Waals surface area contributed by atoms with E-state index < -0.39 is 6.10 Å². The fraction of sp³-hybridized carbons (Fsp3) is 0.333. The van der Waals surface area contributed by atoms with Crippen LogP contribution in [0.3, 0.4) is 0 Å². The summed E-state index contributed by atoms with van der Waals surface area (Å²) in [6.45, 7) is 2.51. The van der Waals surface area contributed by atoms with Crippen LogP contribution in [0.5, 0.6) is 5.75 Å². The lowest BCUT2D eigenvalue weighted by Crippen LogP contribution is -2.26. The van der Waals surface area contributed by atoms with Crippen molar-refractivity contribution in [2.24, 2.45) is 0 Å². The van der Waals surface area contributed by atoms with Gasteiger partial charge in [-0.2, -0.15) is 11.3 Å². The van der Waals surface area contributed by atoms with Gasteiger partial charge >= 0.3 is 0 Å². The molecule has 0 aliphatic rings. The van der Waals surface area contributed by atoms with Crippen molar-refractivity contribution < 1.29 is 10.2 Å². The summed E-state index contributed by atoms with van der Waals surface area (Å²) in [5.41, 5.74) is 1.77. The van der Waals surface area contributed by atoms with E-state index in [-0.39, 0.29) is 11.8 Å². The molecule has 1 aromatic heterocycles. The van der Waals surface area contributed by atoms with Crippen molar-refractivity contribution in [3.63, 3.8) is 0 Å². The molecule has 1 aromatic carbocycles. The van der Waals surface area contributed by atoms with Crippen LogP contribution in [-0.2, 0) is 0 Å². The molecular formula is C15H18BrNO2S. The van der Waals surface area contributed by atoms with Crippen molar-refractivity contribution >= 4 is 27.3 Å². The van der Waals surface area contributed by atoms with E-state index in [2.05, 4.69) is 28.2 Å². The molecule has 1 heterocycles. The maximum atomic E-state index is 10.1. The van der Waals surface area contributed by atoms with Crippen LogP contribution in [0.4, 0.5) is 0 Å². The van der Waals surface area contributed by atoms with Crippen LogP contribution in [0.1, 0.15) is 36.6 Å². The predicted octanol–water partition coefficient (Wildman–Crippen LogP) is 3.99. The van der Waals surface area contributed by atoms with Gasteiger partial charge in [0.05, 0.1) is 6.10 Å². The third kappa shape index (κ3) is 3.82. The molecule has 0 amide bonds.